The van der Waals surface area contributed by atoms with Crippen molar-refractivity contribution in [2.24, 2.45) is 4.99 Å². The van der Waals surface area contributed by atoms with Gasteiger partial charge in [0.15, 0.2) is 11.6 Å². The molecule has 8 heteroatoms. The third kappa shape index (κ3) is 8.30. The summed E-state index contributed by atoms with van der Waals surface area (Å²) in [4.78, 5) is 19.5. The number of aliphatic hydroxyl groups excluding tert-OH is 1. The smallest absolute Gasteiger partial charge is 0.266 e. The third-order valence-corrected chi connectivity index (χ3v) is 8.27. The molecule has 1 heterocycles. The summed E-state index contributed by atoms with van der Waals surface area (Å²) in [6.07, 6.45) is 3.90. The van der Waals surface area contributed by atoms with Crippen LogP contribution in [0.4, 0.5) is 4.39 Å². The van der Waals surface area contributed by atoms with Crippen molar-refractivity contribution < 1.29 is 23.8 Å². The lowest BCUT2D eigenvalue weighted by Gasteiger charge is -2.30. The number of hydrogen-bond donors (Lipinski definition) is 3. The summed E-state index contributed by atoms with van der Waals surface area (Å²) in [6, 6.07) is 41.5. The van der Waals surface area contributed by atoms with Gasteiger partial charge in [-0.2, -0.15) is 0 Å². The van der Waals surface area contributed by atoms with Crippen molar-refractivity contribution in [3.8, 4) is 16.9 Å². The van der Waals surface area contributed by atoms with Crippen molar-refractivity contribution in [2.45, 2.75) is 31.0 Å². The number of aliphatic hydroxyl groups is 1. The summed E-state index contributed by atoms with van der Waals surface area (Å²) in [5.74, 6) is 0.237. The van der Waals surface area contributed by atoms with Crippen molar-refractivity contribution in [2.75, 3.05) is 13.2 Å². The normalized spacial score (nSPS) is 17.0. The van der Waals surface area contributed by atoms with Crippen LogP contribution >= 0.6 is 0 Å². The molecule has 5 aromatic rings. The van der Waals surface area contributed by atoms with Crippen LogP contribution in [0.15, 0.2) is 145 Å². The van der Waals surface area contributed by atoms with Crippen LogP contribution in [0.2, 0.25) is 0 Å². The second kappa shape index (κ2) is 16.0. The number of rotatable bonds is 14. The van der Waals surface area contributed by atoms with Gasteiger partial charge in [-0.15, -0.1) is 0 Å². The average molecular weight is 656 g/mol. The first-order chi connectivity index (χ1) is 24.0. The van der Waals surface area contributed by atoms with E-state index in [4.69, 9.17) is 19.6 Å². The van der Waals surface area contributed by atoms with Gasteiger partial charge >= 0.3 is 0 Å². The average Bonchev–Trinajstić information content (AvgIpc) is 3.54. The number of hydrazine groups is 1. The second-order valence-corrected chi connectivity index (χ2v) is 11.7. The molecule has 0 aliphatic carbocycles. The minimum absolute atomic E-state index is 0.0520. The Hall–Kier alpha value is -5.57. The number of carbonyl (C=O) groups excluding carboxylic acids is 1. The summed E-state index contributed by atoms with van der Waals surface area (Å²) in [6.45, 7) is 0.662. The molecule has 2 atom stereocenters. The van der Waals surface area contributed by atoms with Gasteiger partial charge in [-0.25, -0.2) is 14.8 Å². The molecule has 5 aromatic carbocycles. The molecular weight excluding hydrogens is 617 g/mol. The van der Waals surface area contributed by atoms with Gasteiger partial charge in [0.1, 0.15) is 11.6 Å². The summed E-state index contributed by atoms with van der Waals surface area (Å²) in [5, 5.41) is 9.10. The monoisotopic (exact) mass is 655 g/mol. The Bertz CT molecular complexity index is 1880. The van der Waals surface area contributed by atoms with Crippen molar-refractivity contribution >= 4 is 17.9 Å². The van der Waals surface area contributed by atoms with Crippen LogP contribution < -0.4 is 15.6 Å². The molecule has 1 amide bonds. The number of aliphatic imine (C=N–C) groups is 1. The van der Waals surface area contributed by atoms with E-state index >= 15 is 0 Å². The van der Waals surface area contributed by atoms with E-state index in [1.54, 1.807) is 12.1 Å². The fourth-order valence-electron chi connectivity index (χ4n) is 5.72. The Labute approximate surface area is 285 Å². The molecule has 0 fully saturated rings. The van der Waals surface area contributed by atoms with Crippen LogP contribution in [0.25, 0.3) is 17.2 Å². The van der Waals surface area contributed by atoms with Gasteiger partial charge in [-0.05, 0) is 64.2 Å². The molecule has 0 unspecified atom stereocenters. The predicted molar refractivity (Wildman–Crippen MR) is 190 cm³/mol. The third-order valence-electron chi connectivity index (χ3n) is 8.27. The van der Waals surface area contributed by atoms with Gasteiger partial charge in [0, 0.05) is 31.6 Å². The van der Waals surface area contributed by atoms with Crippen molar-refractivity contribution in [1.29, 1.82) is 0 Å². The molecule has 0 saturated carbocycles. The van der Waals surface area contributed by atoms with Crippen LogP contribution in [0.3, 0.4) is 0 Å². The molecule has 248 valence electrons. The second-order valence-electron chi connectivity index (χ2n) is 11.7. The van der Waals surface area contributed by atoms with Crippen LogP contribution in [0.5, 0.6) is 5.75 Å². The minimum atomic E-state index is -1.40. The van der Waals surface area contributed by atoms with E-state index in [2.05, 4.69) is 23.0 Å². The van der Waals surface area contributed by atoms with E-state index in [9.17, 15) is 9.18 Å². The molecule has 49 heavy (non-hydrogen) atoms. The zero-order valence-electron chi connectivity index (χ0n) is 27.0. The Morgan fingerprint density at radius 1 is 0.857 bits per heavy atom. The van der Waals surface area contributed by atoms with Crippen LogP contribution in [0.1, 0.15) is 41.2 Å². The quantitative estimate of drug-likeness (QED) is 0.0855. The van der Waals surface area contributed by atoms with E-state index in [1.807, 2.05) is 109 Å². The molecular formula is C41H38FN3O4. The maximum atomic E-state index is 14.4. The Balaban J connectivity index is 1.35. The summed E-state index contributed by atoms with van der Waals surface area (Å²) < 4.78 is 26.2. The van der Waals surface area contributed by atoms with Crippen LogP contribution in [0, 0.1) is 5.82 Å². The zero-order valence-corrected chi connectivity index (χ0v) is 27.0. The van der Waals surface area contributed by atoms with Gasteiger partial charge in [0.25, 0.3) is 5.91 Å². The molecule has 0 aromatic heterocycles. The molecule has 7 nitrogen and oxygen atoms in total. The first-order valence-corrected chi connectivity index (χ1v) is 16.3. The van der Waals surface area contributed by atoms with Gasteiger partial charge in [-0.3, -0.25) is 10.2 Å². The van der Waals surface area contributed by atoms with Gasteiger partial charge in [0.05, 0.1) is 6.61 Å². The van der Waals surface area contributed by atoms with Gasteiger partial charge in [0.2, 0.25) is 5.90 Å². The first-order valence-electron chi connectivity index (χ1n) is 16.3. The van der Waals surface area contributed by atoms with Crippen LogP contribution in [-0.4, -0.2) is 35.7 Å². The van der Waals surface area contributed by atoms with Crippen molar-refractivity contribution in [3.63, 3.8) is 0 Å². The van der Waals surface area contributed by atoms with Gasteiger partial charge in [-0.1, -0.05) is 109 Å². The molecule has 0 radical (unpaired) electrons. The number of amides is 1. The standard InChI is InChI=1S/C41H38FN3O4/c42-36-16-7-12-31(28-36)29-43-45-40(47)41(25-8-13-30-10-3-1-4-11-30)38(34-19-17-33(18-20-34)32-14-5-2-6-15-32)49-39(44-41)35-21-23-37(24-22-35)48-27-9-26-46/h1-8,10-24,28,38,43,46H,9,25-27,29H2,(H,45,47)/b13-8+/t38-,41-/m0/s1. The molecule has 3 N–H and O–H groups in total. The summed E-state index contributed by atoms with van der Waals surface area (Å²) >= 11 is 0. The van der Waals surface area contributed by atoms with Crippen molar-refractivity contribution in [1.82, 2.24) is 10.9 Å². The highest BCUT2D eigenvalue weighted by Gasteiger charge is 2.52. The van der Waals surface area contributed by atoms with E-state index in [0.717, 1.165) is 22.3 Å². The number of hydrogen-bond acceptors (Lipinski definition) is 6. The fourth-order valence-corrected chi connectivity index (χ4v) is 5.72. The Kier molecular flexibility index (Phi) is 10.9. The maximum Gasteiger partial charge on any atom is 0.266 e. The van der Waals surface area contributed by atoms with Crippen molar-refractivity contribution in [3.05, 3.63) is 168 Å². The highest BCUT2D eigenvalue weighted by atomic mass is 19.1. The number of nitrogens with one attached hydrogen (secondary N) is 2. The molecule has 6 rings (SSSR count). The number of halogens is 1. The summed E-state index contributed by atoms with van der Waals surface area (Å²) in [7, 11) is 0. The van der Waals surface area contributed by atoms with E-state index < -0.39 is 17.6 Å². The van der Waals surface area contributed by atoms with E-state index in [1.165, 1.54) is 12.1 Å². The molecule has 0 bridgehead atoms. The summed E-state index contributed by atoms with van der Waals surface area (Å²) in [5.41, 5.74) is 9.70. The maximum absolute atomic E-state index is 14.4. The number of benzene rings is 5. The van der Waals surface area contributed by atoms with Crippen LogP contribution in [-0.2, 0) is 16.1 Å². The highest BCUT2D eigenvalue weighted by Crippen LogP contribution is 2.43. The lowest BCUT2D eigenvalue weighted by Crippen LogP contribution is -2.52. The predicted octanol–water partition coefficient (Wildman–Crippen LogP) is 7.44. The lowest BCUT2D eigenvalue weighted by molar-refractivity contribution is -0.129. The number of nitrogens with zero attached hydrogens (tertiary/aromatic N) is 1. The largest absolute Gasteiger partial charge is 0.494 e. The topological polar surface area (TPSA) is 92.2 Å². The van der Waals surface area contributed by atoms with E-state index in [-0.39, 0.29) is 25.4 Å². The first kappa shape index (κ1) is 33.3. The Morgan fingerprint density at radius 2 is 1.55 bits per heavy atom. The van der Waals surface area contributed by atoms with Gasteiger partial charge < -0.3 is 14.6 Å². The Morgan fingerprint density at radius 3 is 2.27 bits per heavy atom. The number of carbonyl (C=O) groups is 1. The highest BCUT2D eigenvalue weighted by molar-refractivity contribution is 6.01. The molecule has 1 aliphatic rings. The number of ether oxygens (including phenoxy) is 2. The molecule has 0 spiro atoms. The lowest BCUT2D eigenvalue weighted by atomic mass is 9.84. The molecule has 1 aliphatic heterocycles. The minimum Gasteiger partial charge on any atom is -0.494 e. The fraction of sp³-hybridized carbons (Fsp3) is 0.171. The van der Waals surface area contributed by atoms with E-state index in [0.29, 0.717) is 35.8 Å². The SMILES string of the molecule is O=C(NNCc1cccc(F)c1)[C@@]1(C/C=C/c2ccccc2)N=C(c2ccc(OCCCO)cc2)O[C@H]1c1ccc(-c2ccccc2)cc1. The molecule has 0 saturated heterocycles. The zero-order chi connectivity index (χ0) is 33.9.